The van der Waals surface area contributed by atoms with E-state index in [1.807, 2.05) is 12.1 Å². The first kappa shape index (κ1) is 15.5. The Morgan fingerprint density at radius 1 is 1.53 bits per heavy atom. The number of nitrogens with two attached hydrogens (primary N) is 1. The molecular weight excluding hydrogens is 244 g/mol. The first-order valence-electron chi connectivity index (χ1n) is 6.25. The van der Waals surface area contributed by atoms with Crippen LogP contribution in [-0.4, -0.2) is 36.9 Å². The van der Waals surface area contributed by atoms with Gasteiger partial charge in [-0.2, -0.15) is 0 Å². The summed E-state index contributed by atoms with van der Waals surface area (Å²) in [6, 6.07) is 7.20. The number of methoxy groups -OCH3 is 1. The molecule has 1 aromatic rings. The molecule has 0 aliphatic carbocycles. The van der Waals surface area contributed by atoms with Gasteiger partial charge in [0.05, 0.1) is 12.0 Å². The van der Waals surface area contributed by atoms with E-state index in [2.05, 4.69) is 5.32 Å². The Morgan fingerprint density at radius 3 is 2.89 bits per heavy atom. The number of benzene rings is 1. The van der Waals surface area contributed by atoms with Crippen molar-refractivity contribution in [3.8, 4) is 0 Å². The number of carbonyl (C=O) groups excluding carboxylic acids is 1. The van der Waals surface area contributed by atoms with E-state index in [1.165, 1.54) is 0 Å². The van der Waals surface area contributed by atoms with Crippen LogP contribution in [0, 0.1) is 0 Å². The number of rotatable bonds is 7. The lowest BCUT2D eigenvalue weighted by Crippen LogP contribution is -2.41. The predicted molar refractivity (Wildman–Crippen MR) is 74.7 cm³/mol. The number of nitrogen functional groups attached to an aromatic ring is 1. The molecule has 0 bridgehead atoms. The highest BCUT2D eigenvalue weighted by atomic mass is 16.5. The molecule has 1 rings (SSSR count). The predicted octanol–water partition coefficient (Wildman–Crippen LogP) is 0.715. The van der Waals surface area contributed by atoms with Gasteiger partial charge in [0.2, 0.25) is 5.91 Å². The summed E-state index contributed by atoms with van der Waals surface area (Å²) in [4.78, 5) is 11.7. The molecule has 0 aliphatic rings. The van der Waals surface area contributed by atoms with Crippen molar-refractivity contribution in [1.82, 2.24) is 5.32 Å². The number of nitrogens with one attached hydrogen (secondary N) is 1. The minimum atomic E-state index is -0.957. The van der Waals surface area contributed by atoms with Crippen molar-refractivity contribution >= 4 is 11.6 Å². The van der Waals surface area contributed by atoms with Crippen molar-refractivity contribution in [1.29, 1.82) is 0 Å². The topological polar surface area (TPSA) is 84.6 Å². The minimum Gasteiger partial charge on any atom is -0.399 e. The zero-order valence-electron chi connectivity index (χ0n) is 11.5. The molecule has 106 valence electrons. The van der Waals surface area contributed by atoms with Crippen LogP contribution in [-0.2, 0) is 16.0 Å². The van der Waals surface area contributed by atoms with E-state index in [0.717, 1.165) is 5.56 Å². The lowest BCUT2D eigenvalue weighted by Gasteiger charge is -2.23. The normalized spacial score (nSPS) is 13.8. The van der Waals surface area contributed by atoms with Gasteiger partial charge in [-0.3, -0.25) is 4.79 Å². The van der Waals surface area contributed by atoms with Gasteiger partial charge in [0.15, 0.2) is 0 Å². The van der Waals surface area contributed by atoms with E-state index < -0.39 is 5.60 Å². The summed E-state index contributed by atoms with van der Waals surface area (Å²) in [5.41, 5.74) is 6.18. The van der Waals surface area contributed by atoms with E-state index in [9.17, 15) is 9.90 Å². The fourth-order valence-electron chi connectivity index (χ4n) is 1.65. The van der Waals surface area contributed by atoms with E-state index in [1.54, 1.807) is 26.2 Å². The van der Waals surface area contributed by atoms with Crippen LogP contribution in [0.4, 0.5) is 5.69 Å². The highest BCUT2D eigenvalue weighted by Crippen LogP contribution is 2.09. The summed E-state index contributed by atoms with van der Waals surface area (Å²) in [6.07, 6.45) is 0.730. The second kappa shape index (κ2) is 7.11. The molecule has 0 saturated carbocycles. The Morgan fingerprint density at radius 2 is 2.26 bits per heavy atom. The van der Waals surface area contributed by atoms with E-state index in [-0.39, 0.29) is 18.9 Å². The quantitative estimate of drug-likeness (QED) is 0.635. The molecule has 0 aliphatic heterocycles. The standard InChI is InChI=1S/C14H22N2O3/c1-14(18,6-7-19-2)10-16-13(17)9-11-4-3-5-12(15)8-11/h3-5,8,18H,6-7,9-10,15H2,1-2H3,(H,16,17). The van der Waals surface area contributed by atoms with E-state index in [4.69, 9.17) is 10.5 Å². The van der Waals surface area contributed by atoms with Crippen LogP contribution in [0.3, 0.4) is 0 Å². The minimum absolute atomic E-state index is 0.136. The zero-order chi connectivity index (χ0) is 14.3. The van der Waals surface area contributed by atoms with Gasteiger partial charge in [-0.25, -0.2) is 0 Å². The van der Waals surface area contributed by atoms with Crippen molar-refractivity contribution in [3.63, 3.8) is 0 Å². The van der Waals surface area contributed by atoms with Crippen LogP contribution in [0.15, 0.2) is 24.3 Å². The third-order valence-electron chi connectivity index (χ3n) is 2.83. The van der Waals surface area contributed by atoms with Gasteiger partial charge >= 0.3 is 0 Å². The highest BCUT2D eigenvalue weighted by molar-refractivity contribution is 5.78. The molecule has 0 fully saturated rings. The fourth-order valence-corrected chi connectivity index (χ4v) is 1.65. The molecule has 0 heterocycles. The molecule has 5 nitrogen and oxygen atoms in total. The fraction of sp³-hybridized carbons (Fsp3) is 0.500. The van der Waals surface area contributed by atoms with Gasteiger partial charge in [-0.05, 0) is 24.6 Å². The average Bonchev–Trinajstić information content (AvgIpc) is 2.34. The molecule has 1 amide bonds. The second-order valence-electron chi connectivity index (χ2n) is 4.94. The Hall–Kier alpha value is -1.59. The summed E-state index contributed by atoms with van der Waals surface area (Å²) in [6.45, 7) is 2.34. The van der Waals surface area contributed by atoms with Gasteiger partial charge < -0.3 is 20.9 Å². The maximum atomic E-state index is 11.7. The van der Waals surface area contributed by atoms with Crippen molar-refractivity contribution in [2.45, 2.75) is 25.4 Å². The van der Waals surface area contributed by atoms with Crippen molar-refractivity contribution in [2.75, 3.05) is 26.0 Å². The van der Waals surface area contributed by atoms with Crippen LogP contribution in [0.25, 0.3) is 0 Å². The Bertz CT molecular complexity index is 419. The molecule has 19 heavy (non-hydrogen) atoms. The number of hydrogen-bond donors (Lipinski definition) is 3. The van der Waals surface area contributed by atoms with Crippen molar-refractivity contribution in [2.24, 2.45) is 0 Å². The number of hydrogen-bond acceptors (Lipinski definition) is 4. The van der Waals surface area contributed by atoms with Gasteiger partial charge in [0.25, 0.3) is 0 Å². The van der Waals surface area contributed by atoms with Gasteiger partial charge in [0.1, 0.15) is 0 Å². The van der Waals surface area contributed by atoms with Crippen LogP contribution in [0.1, 0.15) is 18.9 Å². The lowest BCUT2D eigenvalue weighted by molar-refractivity contribution is -0.121. The van der Waals surface area contributed by atoms with E-state index >= 15 is 0 Å². The SMILES string of the molecule is COCCC(C)(O)CNC(=O)Cc1cccc(N)c1. The Labute approximate surface area is 113 Å². The molecule has 5 heteroatoms. The van der Waals surface area contributed by atoms with Gasteiger partial charge in [0, 0.05) is 32.4 Å². The lowest BCUT2D eigenvalue weighted by atomic mass is 10.0. The average molecular weight is 266 g/mol. The van der Waals surface area contributed by atoms with E-state index in [0.29, 0.717) is 18.7 Å². The number of aliphatic hydroxyl groups is 1. The molecule has 0 radical (unpaired) electrons. The third kappa shape index (κ3) is 6.22. The first-order chi connectivity index (χ1) is 8.93. The monoisotopic (exact) mass is 266 g/mol. The maximum absolute atomic E-state index is 11.7. The summed E-state index contributed by atoms with van der Waals surface area (Å²) < 4.78 is 4.91. The molecule has 1 atom stereocenters. The number of amides is 1. The summed E-state index contributed by atoms with van der Waals surface area (Å²) in [7, 11) is 1.58. The zero-order valence-corrected chi connectivity index (χ0v) is 11.5. The molecular formula is C14H22N2O3. The molecule has 0 aromatic heterocycles. The largest absolute Gasteiger partial charge is 0.399 e. The van der Waals surface area contributed by atoms with Crippen LogP contribution >= 0.6 is 0 Å². The Balaban J connectivity index is 2.39. The maximum Gasteiger partial charge on any atom is 0.224 e. The first-order valence-corrected chi connectivity index (χ1v) is 6.25. The second-order valence-corrected chi connectivity index (χ2v) is 4.94. The van der Waals surface area contributed by atoms with Gasteiger partial charge in [-0.15, -0.1) is 0 Å². The molecule has 4 N–H and O–H groups in total. The van der Waals surface area contributed by atoms with Crippen LogP contribution in [0.5, 0.6) is 0 Å². The van der Waals surface area contributed by atoms with Crippen LogP contribution in [0.2, 0.25) is 0 Å². The smallest absolute Gasteiger partial charge is 0.224 e. The van der Waals surface area contributed by atoms with Crippen molar-refractivity contribution < 1.29 is 14.6 Å². The summed E-state index contributed by atoms with van der Waals surface area (Å²) in [5, 5.41) is 12.7. The summed E-state index contributed by atoms with van der Waals surface area (Å²) >= 11 is 0. The molecule has 1 unspecified atom stereocenters. The van der Waals surface area contributed by atoms with Gasteiger partial charge in [-0.1, -0.05) is 12.1 Å². The molecule has 0 spiro atoms. The third-order valence-corrected chi connectivity index (χ3v) is 2.83. The number of anilines is 1. The Kier molecular flexibility index (Phi) is 5.79. The van der Waals surface area contributed by atoms with Crippen LogP contribution < -0.4 is 11.1 Å². The van der Waals surface area contributed by atoms with Crippen molar-refractivity contribution in [3.05, 3.63) is 29.8 Å². The molecule has 1 aromatic carbocycles. The number of ether oxygens (including phenoxy) is 1. The molecule has 0 saturated heterocycles. The summed E-state index contributed by atoms with van der Waals surface area (Å²) in [5.74, 6) is -0.136. The number of carbonyl (C=O) groups is 1. The highest BCUT2D eigenvalue weighted by Gasteiger charge is 2.20.